The lowest BCUT2D eigenvalue weighted by molar-refractivity contribution is 0.978. The zero-order valence-electron chi connectivity index (χ0n) is 25.1. The van der Waals surface area contributed by atoms with Gasteiger partial charge in [-0.05, 0) is 125 Å². The van der Waals surface area contributed by atoms with Crippen LogP contribution in [0.5, 0.6) is 0 Å². The molecular weight excluding hydrogens is 528 g/mol. The molecule has 0 spiro atoms. The summed E-state index contributed by atoms with van der Waals surface area (Å²) in [5, 5.41) is 14.6. The third-order valence-corrected chi connectivity index (χ3v) is 10.1. The number of hydrogen-bond acceptors (Lipinski definition) is 0. The van der Waals surface area contributed by atoms with Gasteiger partial charge in [0.1, 0.15) is 0 Å². The summed E-state index contributed by atoms with van der Waals surface area (Å²) in [5.41, 5.74) is 9.53. The summed E-state index contributed by atoms with van der Waals surface area (Å²) in [7, 11) is 0. The molecule has 0 atom stereocenters. The second kappa shape index (κ2) is 9.66. The highest BCUT2D eigenvalue weighted by molar-refractivity contribution is 6.29. The largest absolute Gasteiger partial charge is 0.0798 e. The van der Waals surface area contributed by atoms with Gasteiger partial charge in [-0.15, -0.1) is 0 Å². The van der Waals surface area contributed by atoms with Crippen molar-refractivity contribution in [2.24, 2.45) is 0 Å². The molecule has 0 aromatic heterocycles. The third kappa shape index (κ3) is 3.46. The molecule has 0 heteroatoms. The Morgan fingerprint density at radius 1 is 0.477 bits per heavy atom. The average Bonchev–Trinajstić information content (AvgIpc) is 3.09. The summed E-state index contributed by atoms with van der Waals surface area (Å²) < 4.78 is 0. The van der Waals surface area contributed by atoms with E-state index in [4.69, 9.17) is 0 Å². The van der Waals surface area contributed by atoms with Crippen LogP contribution < -0.4 is 5.22 Å². The van der Waals surface area contributed by atoms with Gasteiger partial charge in [0.05, 0.1) is 0 Å². The molecule has 0 unspecified atom stereocenters. The van der Waals surface area contributed by atoms with Gasteiger partial charge in [-0.25, -0.2) is 0 Å². The van der Waals surface area contributed by atoms with Crippen LogP contribution in [0.4, 0.5) is 0 Å². The van der Waals surface area contributed by atoms with Crippen molar-refractivity contribution >= 4 is 65.5 Å². The molecule has 0 saturated heterocycles. The Bertz CT molecular complexity index is 2500. The Kier molecular flexibility index (Phi) is 5.56. The molecule has 208 valence electrons. The van der Waals surface area contributed by atoms with Crippen LogP contribution in [0.1, 0.15) is 35.6 Å². The van der Waals surface area contributed by atoms with E-state index in [1.165, 1.54) is 98.0 Å². The summed E-state index contributed by atoms with van der Waals surface area (Å²) in [5.74, 6) is 0. The van der Waals surface area contributed by atoms with Gasteiger partial charge in [0.2, 0.25) is 0 Å². The van der Waals surface area contributed by atoms with E-state index in [9.17, 15) is 0 Å². The van der Waals surface area contributed by atoms with Crippen molar-refractivity contribution in [3.8, 4) is 11.1 Å². The van der Waals surface area contributed by atoms with Gasteiger partial charge in [0.25, 0.3) is 0 Å². The third-order valence-electron chi connectivity index (χ3n) is 10.1. The predicted molar refractivity (Wildman–Crippen MR) is 191 cm³/mol. The van der Waals surface area contributed by atoms with Crippen molar-refractivity contribution in [2.45, 2.75) is 26.7 Å². The van der Waals surface area contributed by atoms with Crippen LogP contribution in [0, 0.1) is 6.92 Å². The highest BCUT2D eigenvalue weighted by atomic mass is 14.3. The number of rotatable bonds is 2. The summed E-state index contributed by atoms with van der Waals surface area (Å²) in [6.07, 6.45) is 6.88. The fourth-order valence-corrected chi connectivity index (χ4v) is 8.18. The second-order valence-corrected chi connectivity index (χ2v) is 12.2. The molecule has 8 aromatic rings. The summed E-state index contributed by atoms with van der Waals surface area (Å²) in [6.45, 7) is 4.44. The Morgan fingerprint density at radius 3 is 1.82 bits per heavy atom. The van der Waals surface area contributed by atoms with Gasteiger partial charge in [0, 0.05) is 0 Å². The van der Waals surface area contributed by atoms with E-state index in [0.717, 1.165) is 12.8 Å². The fraction of sp³-hybridized carbons (Fsp3) is 0.0909. The van der Waals surface area contributed by atoms with Gasteiger partial charge < -0.3 is 0 Å². The van der Waals surface area contributed by atoms with Crippen LogP contribution in [-0.2, 0) is 6.42 Å². The van der Waals surface area contributed by atoms with E-state index in [1.807, 2.05) is 0 Å². The zero-order valence-corrected chi connectivity index (χ0v) is 25.1. The van der Waals surface area contributed by atoms with Crippen molar-refractivity contribution in [3.63, 3.8) is 0 Å². The first-order valence-corrected chi connectivity index (χ1v) is 15.8. The van der Waals surface area contributed by atoms with Crippen molar-refractivity contribution < 1.29 is 0 Å². The zero-order chi connectivity index (χ0) is 29.4. The molecule has 8 aromatic carbocycles. The van der Waals surface area contributed by atoms with E-state index in [0.29, 0.717) is 0 Å². The highest BCUT2D eigenvalue weighted by Crippen LogP contribution is 2.47. The van der Waals surface area contributed by atoms with Crippen molar-refractivity contribution in [1.82, 2.24) is 0 Å². The number of hydrogen-bond donors (Lipinski definition) is 0. The van der Waals surface area contributed by atoms with E-state index < -0.39 is 0 Å². The molecule has 0 nitrogen and oxygen atoms in total. The summed E-state index contributed by atoms with van der Waals surface area (Å²) in [4.78, 5) is 0. The van der Waals surface area contributed by atoms with Crippen LogP contribution in [0.2, 0.25) is 0 Å². The second-order valence-electron chi connectivity index (χ2n) is 12.2. The SMILES string of the molecule is C/C=c1/cccc2c1c(C)c1cccc3c(-c4c5ccccc5c(C5=CCCc6ccccc65)c5ccccc45)ccc2c31. The Hall–Kier alpha value is -5.20. The van der Waals surface area contributed by atoms with E-state index in [1.54, 1.807) is 0 Å². The van der Waals surface area contributed by atoms with Crippen molar-refractivity contribution in [2.75, 3.05) is 0 Å². The maximum atomic E-state index is 2.47. The Labute approximate surface area is 257 Å². The molecule has 9 rings (SSSR count). The predicted octanol–water partition coefficient (Wildman–Crippen LogP) is 11.3. The topological polar surface area (TPSA) is 0 Å². The minimum Gasteiger partial charge on any atom is -0.0798 e. The normalized spacial score (nSPS) is 13.8. The number of benzene rings is 8. The van der Waals surface area contributed by atoms with E-state index >= 15 is 0 Å². The van der Waals surface area contributed by atoms with Crippen LogP contribution in [0.3, 0.4) is 0 Å². The number of allylic oxidation sites excluding steroid dienone is 1. The van der Waals surface area contributed by atoms with E-state index in [-0.39, 0.29) is 0 Å². The molecule has 0 bridgehead atoms. The van der Waals surface area contributed by atoms with Crippen molar-refractivity contribution in [1.29, 1.82) is 0 Å². The number of fused-ring (bicyclic) bond motifs is 5. The van der Waals surface area contributed by atoms with Gasteiger partial charge in [-0.2, -0.15) is 0 Å². The van der Waals surface area contributed by atoms with Crippen LogP contribution in [0.15, 0.2) is 127 Å². The van der Waals surface area contributed by atoms with Gasteiger partial charge >= 0.3 is 0 Å². The van der Waals surface area contributed by atoms with Crippen LogP contribution >= 0.6 is 0 Å². The van der Waals surface area contributed by atoms with E-state index in [2.05, 4.69) is 147 Å². The molecule has 1 aliphatic rings. The molecule has 44 heavy (non-hydrogen) atoms. The number of aryl methyl sites for hydroxylation is 2. The van der Waals surface area contributed by atoms with Crippen LogP contribution in [-0.4, -0.2) is 0 Å². The minimum atomic E-state index is 1.07. The molecule has 0 amide bonds. The summed E-state index contributed by atoms with van der Waals surface area (Å²) in [6, 6.07) is 45.5. The quantitative estimate of drug-likeness (QED) is 0.146. The molecule has 0 radical (unpaired) electrons. The molecule has 1 aliphatic carbocycles. The minimum absolute atomic E-state index is 1.07. The first kappa shape index (κ1) is 25.3. The van der Waals surface area contributed by atoms with Crippen molar-refractivity contribution in [3.05, 3.63) is 155 Å². The van der Waals surface area contributed by atoms with Crippen LogP contribution in [0.25, 0.3) is 76.6 Å². The molecule has 0 saturated carbocycles. The lowest BCUT2D eigenvalue weighted by Crippen LogP contribution is -2.04. The molecule has 0 fully saturated rings. The smallest absolute Gasteiger partial charge is 0.00201 e. The first-order valence-electron chi connectivity index (χ1n) is 15.8. The maximum Gasteiger partial charge on any atom is -0.00201 e. The molecular formula is C44H32. The first-order chi connectivity index (χ1) is 21.7. The lowest BCUT2D eigenvalue weighted by atomic mass is 9.79. The average molecular weight is 561 g/mol. The standard InChI is InChI=1S/C44H32/c1-3-28-14-10-23-33-39-25-26-40(38-24-12-21-30(42(38)39)27(2)41(28)33)44-36-19-8-6-17-34(36)43(35-18-7-9-20-37(35)44)32-22-11-15-29-13-4-5-16-31(29)32/h3-10,12-14,16-26H,11,15H2,1-2H3/b28-3-. The highest BCUT2D eigenvalue weighted by Gasteiger charge is 2.23. The monoisotopic (exact) mass is 560 g/mol. The van der Waals surface area contributed by atoms with Gasteiger partial charge in [-0.1, -0.05) is 133 Å². The van der Waals surface area contributed by atoms with Gasteiger partial charge in [0.15, 0.2) is 0 Å². The Balaban J connectivity index is 1.43. The molecule has 0 heterocycles. The Morgan fingerprint density at radius 2 is 1.07 bits per heavy atom. The fourth-order valence-electron chi connectivity index (χ4n) is 8.18. The maximum absolute atomic E-state index is 2.47. The molecule has 0 aliphatic heterocycles. The summed E-state index contributed by atoms with van der Waals surface area (Å²) >= 11 is 0. The lowest BCUT2D eigenvalue weighted by Gasteiger charge is -2.24. The van der Waals surface area contributed by atoms with Gasteiger partial charge in [-0.3, -0.25) is 0 Å². The molecule has 0 N–H and O–H groups in total.